The SMILES string of the molecule is O=P(O)(O)OC1[C@H](OP(=O)(O)O)[C@H](OP(=O)(O)OP(=O)(O)O)C(O)[C@H](OP(=O)(O)OP(=O)(O)O)[C@H]1OP(=O)(O)O. The first-order valence-corrected chi connectivity index (χ1v) is 19.4. The van der Waals surface area contributed by atoms with Crippen LogP contribution in [0.15, 0.2) is 0 Å². The highest BCUT2D eigenvalue weighted by Gasteiger charge is 2.61. The molecule has 0 spiro atoms. The minimum absolute atomic E-state index is 3.22. The first-order chi connectivity index (χ1) is 17.3. The van der Waals surface area contributed by atoms with E-state index in [0.717, 1.165) is 0 Å². The number of hydrogen-bond donors (Lipinski definition) is 13. The largest absolute Gasteiger partial charge is 0.481 e. The minimum atomic E-state index is -6.32. The molecule has 4 unspecified atom stereocenters. The van der Waals surface area contributed by atoms with E-state index in [9.17, 15) is 76.2 Å². The predicted molar refractivity (Wildman–Crippen MR) is 112 cm³/mol. The van der Waals surface area contributed by atoms with E-state index in [0.29, 0.717) is 0 Å². The molecule has 34 heteroatoms. The molecule has 1 aliphatic carbocycles. The Morgan fingerprint density at radius 1 is 0.350 bits per heavy atom. The number of rotatable bonds is 14. The Balaban J connectivity index is 3.92. The zero-order valence-corrected chi connectivity index (χ0v) is 24.4. The lowest BCUT2D eigenvalue weighted by atomic mass is 9.85. The standard InChI is InChI=1S/C6H19O27P7/c7-1-2(30-39(23,24)32-37(17,18)19)4(27-34(8,9)10)6(29-36(14,15)16)5(28-35(11,12)13)3(1)31-40(25,26)33-38(20,21)22/h1-7H,(H,23,24)(H,25,26)(H2,8,9,10)(H2,11,12,13)(H2,14,15,16)(H2,17,18,19)(H2,20,21,22)/t1?,2-,3+,4-,5-,6?/m1/s1. The molecule has 0 aliphatic heterocycles. The molecule has 1 fully saturated rings. The van der Waals surface area contributed by atoms with Gasteiger partial charge in [0.1, 0.15) is 36.6 Å². The fourth-order valence-corrected chi connectivity index (χ4v) is 8.07. The molecule has 40 heavy (non-hydrogen) atoms. The summed E-state index contributed by atoms with van der Waals surface area (Å²) < 4.78 is 108. The van der Waals surface area contributed by atoms with Crippen molar-refractivity contribution in [2.45, 2.75) is 36.6 Å². The van der Waals surface area contributed by atoms with E-state index in [-0.39, 0.29) is 0 Å². The van der Waals surface area contributed by atoms with Crippen molar-refractivity contribution in [1.29, 1.82) is 0 Å². The van der Waals surface area contributed by atoms with Crippen LogP contribution in [0.2, 0.25) is 0 Å². The topological polar surface area (TPSA) is 447 Å². The van der Waals surface area contributed by atoms with Gasteiger partial charge in [0.05, 0.1) is 0 Å². The molecule has 0 bridgehead atoms. The second kappa shape index (κ2) is 13.0. The summed E-state index contributed by atoms with van der Waals surface area (Å²) in [5, 5.41) is 10.6. The summed E-state index contributed by atoms with van der Waals surface area (Å²) in [6.45, 7) is 0. The molecule has 0 heterocycles. The van der Waals surface area contributed by atoms with Crippen molar-refractivity contribution >= 4 is 54.8 Å². The van der Waals surface area contributed by atoms with Gasteiger partial charge in [0.25, 0.3) is 0 Å². The van der Waals surface area contributed by atoms with E-state index >= 15 is 0 Å². The number of phosphoric ester groups is 5. The third kappa shape index (κ3) is 14.5. The molecule has 0 radical (unpaired) electrons. The van der Waals surface area contributed by atoms with E-state index in [2.05, 4.69) is 31.2 Å². The Morgan fingerprint density at radius 3 is 0.775 bits per heavy atom. The summed E-state index contributed by atoms with van der Waals surface area (Å²) in [6, 6.07) is 0. The quantitative estimate of drug-likeness (QED) is 0.0788. The number of phosphoric acid groups is 7. The van der Waals surface area contributed by atoms with Gasteiger partial charge in [0, 0.05) is 0 Å². The second-order valence-electron chi connectivity index (χ2n) is 6.89. The van der Waals surface area contributed by atoms with Crippen LogP contribution in [0.5, 0.6) is 0 Å². The van der Waals surface area contributed by atoms with Gasteiger partial charge in [0.15, 0.2) is 0 Å². The van der Waals surface area contributed by atoms with Gasteiger partial charge in [-0.2, -0.15) is 8.62 Å². The fourth-order valence-electron chi connectivity index (χ4n) is 2.83. The van der Waals surface area contributed by atoms with Crippen LogP contribution in [-0.4, -0.2) is 100 Å². The lowest BCUT2D eigenvalue weighted by molar-refractivity contribution is -0.205. The van der Waals surface area contributed by atoms with Crippen LogP contribution >= 0.6 is 54.8 Å². The Labute approximate surface area is 219 Å². The van der Waals surface area contributed by atoms with Crippen LogP contribution in [0.1, 0.15) is 0 Å². The molecule has 0 aromatic heterocycles. The van der Waals surface area contributed by atoms with Gasteiger partial charge in [-0.1, -0.05) is 0 Å². The van der Waals surface area contributed by atoms with Gasteiger partial charge in [-0.05, 0) is 0 Å². The second-order valence-corrected chi connectivity index (χ2v) is 16.0. The smallest absolute Gasteiger partial charge is 0.387 e. The van der Waals surface area contributed by atoms with Crippen LogP contribution in [0.25, 0.3) is 0 Å². The fraction of sp³-hybridized carbons (Fsp3) is 1.00. The van der Waals surface area contributed by atoms with Crippen molar-refractivity contribution < 1.29 is 127 Å². The number of aliphatic hydroxyl groups is 1. The van der Waals surface area contributed by atoms with Crippen LogP contribution in [0.3, 0.4) is 0 Å². The third-order valence-electron chi connectivity index (χ3n) is 3.67. The van der Waals surface area contributed by atoms with Crippen molar-refractivity contribution in [3.05, 3.63) is 0 Å². The van der Waals surface area contributed by atoms with Crippen LogP contribution < -0.4 is 0 Å². The maximum Gasteiger partial charge on any atom is 0.481 e. The molecular formula is C6H19O27P7. The maximum absolute atomic E-state index is 12.1. The zero-order valence-electron chi connectivity index (χ0n) is 18.1. The third-order valence-corrected chi connectivity index (χ3v) is 9.60. The average molecular weight is 740 g/mol. The highest BCUT2D eigenvalue weighted by Crippen LogP contribution is 2.63. The molecule has 1 aliphatic rings. The molecule has 0 aromatic carbocycles. The summed E-state index contributed by atoms with van der Waals surface area (Å²) in [4.78, 5) is 109. The van der Waals surface area contributed by atoms with E-state index < -0.39 is 91.4 Å². The van der Waals surface area contributed by atoms with Crippen LogP contribution in [0.4, 0.5) is 0 Å². The molecule has 27 nitrogen and oxygen atoms in total. The lowest BCUT2D eigenvalue weighted by Crippen LogP contribution is -2.66. The monoisotopic (exact) mass is 740 g/mol. The summed E-state index contributed by atoms with van der Waals surface area (Å²) in [5.41, 5.74) is 0. The highest BCUT2D eigenvalue weighted by molar-refractivity contribution is 7.61. The van der Waals surface area contributed by atoms with E-state index in [1.54, 1.807) is 0 Å². The Hall–Kier alpha value is 0.810. The first kappa shape index (κ1) is 38.8. The average Bonchev–Trinajstić information content (AvgIpc) is 2.57. The molecule has 240 valence electrons. The summed E-state index contributed by atoms with van der Waals surface area (Å²) in [6.07, 6.45) is -19.5. The van der Waals surface area contributed by atoms with Crippen molar-refractivity contribution in [2.24, 2.45) is 0 Å². The van der Waals surface area contributed by atoms with Gasteiger partial charge in [-0.15, -0.1) is 0 Å². The zero-order chi connectivity index (χ0) is 31.9. The van der Waals surface area contributed by atoms with Crippen LogP contribution in [-0.2, 0) is 63.2 Å². The Bertz CT molecular complexity index is 1140. The lowest BCUT2D eigenvalue weighted by Gasteiger charge is -2.47. The van der Waals surface area contributed by atoms with Crippen LogP contribution in [0, 0.1) is 0 Å². The van der Waals surface area contributed by atoms with Gasteiger partial charge in [-0.25, -0.2) is 32.0 Å². The minimum Gasteiger partial charge on any atom is -0.387 e. The summed E-state index contributed by atoms with van der Waals surface area (Å²) in [5.74, 6) is 0. The van der Waals surface area contributed by atoms with E-state index in [1.807, 2.05) is 0 Å². The molecule has 8 atom stereocenters. The van der Waals surface area contributed by atoms with E-state index in [4.69, 9.17) is 19.6 Å². The number of hydrogen-bond acceptors (Lipinski definition) is 15. The van der Waals surface area contributed by atoms with Crippen molar-refractivity contribution in [2.75, 3.05) is 0 Å². The van der Waals surface area contributed by atoms with Crippen molar-refractivity contribution in [3.63, 3.8) is 0 Å². The molecule has 13 N–H and O–H groups in total. The van der Waals surface area contributed by atoms with E-state index in [1.165, 1.54) is 0 Å². The van der Waals surface area contributed by atoms with Gasteiger partial charge < -0.3 is 63.8 Å². The van der Waals surface area contributed by atoms with Gasteiger partial charge >= 0.3 is 54.8 Å². The van der Waals surface area contributed by atoms with Crippen molar-refractivity contribution in [3.8, 4) is 0 Å². The molecular weight excluding hydrogens is 721 g/mol. The molecule has 1 rings (SSSR count). The number of aliphatic hydroxyl groups excluding tert-OH is 1. The molecule has 0 amide bonds. The van der Waals surface area contributed by atoms with Crippen molar-refractivity contribution in [1.82, 2.24) is 0 Å². The molecule has 1 saturated carbocycles. The van der Waals surface area contributed by atoms with Gasteiger partial charge in [0.2, 0.25) is 0 Å². The highest BCUT2D eigenvalue weighted by atomic mass is 31.3. The normalized spacial score (nSPS) is 30.4. The predicted octanol–water partition coefficient (Wildman–Crippen LogP) is -3.02. The van der Waals surface area contributed by atoms with Gasteiger partial charge in [-0.3, -0.25) is 22.6 Å². The maximum atomic E-state index is 12.1. The summed E-state index contributed by atoms with van der Waals surface area (Å²) in [7, 11) is -42.9. The molecule has 0 saturated heterocycles. The Morgan fingerprint density at radius 2 is 0.575 bits per heavy atom. The summed E-state index contributed by atoms with van der Waals surface area (Å²) >= 11 is 0. The Kier molecular flexibility index (Phi) is 12.7. The molecule has 0 aromatic rings. The first-order valence-electron chi connectivity index (χ1n) is 8.76.